The number of benzene rings is 2. The number of amides is 2. The van der Waals surface area contributed by atoms with E-state index in [2.05, 4.69) is 10.6 Å². The number of carbonyl (C=O) groups excluding carboxylic acids is 2. The second-order valence-electron chi connectivity index (χ2n) is 6.95. The van der Waals surface area contributed by atoms with Crippen molar-refractivity contribution in [2.24, 2.45) is 11.7 Å². The van der Waals surface area contributed by atoms with E-state index in [-0.39, 0.29) is 11.8 Å². The zero-order valence-electron chi connectivity index (χ0n) is 15.6. The fraction of sp³-hybridized carbons (Fsp3) is 0.333. The molecule has 0 aromatic heterocycles. The Morgan fingerprint density at radius 3 is 2.42 bits per heavy atom. The van der Waals surface area contributed by atoms with E-state index in [9.17, 15) is 9.59 Å². The van der Waals surface area contributed by atoms with Gasteiger partial charge < -0.3 is 16.4 Å². The Labute approximate surface area is 155 Å². The van der Waals surface area contributed by atoms with Crippen LogP contribution >= 0.6 is 0 Å². The van der Waals surface area contributed by atoms with E-state index in [1.165, 1.54) is 0 Å². The van der Waals surface area contributed by atoms with Crippen molar-refractivity contribution in [1.82, 2.24) is 5.32 Å². The molecule has 26 heavy (non-hydrogen) atoms. The number of anilines is 1. The van der Waals surface area contributed by atoms with Crippen molar-refractivity contribution in [1.29, 1.82) is 0 Å². The molecule has 4 N–H and O–H groups in total. The topological polar surface area (TPSA) is 84.2 Å². The molecule has 1 atom stereocenters. The average molecular weight is 353 g/mol. The number of carbonyl (C=O) groups is 2. The van der Waals surface area contributed by atoms with Crippen LogP contribution in [0.4, 0.5) is 5.69 Å². The van der Waals surface area contributed by atoms with Crippen LogP contribution in [0.15, 0.2) is 48.5 Å². The molecule has 5 heteroatoms. The van der Waals surface area contributed by atoms with Crippen molar-refractivity contribution in [3.63, 3.8) is 0 Å². The van der Waals surface area contributed by atoms with E-state index in [0.717, 1.165) is 22.4 Å². The summed E-state index contributed by atoms with van der Waals surface area (Å²) in [5.41, 5.74) is 9.56. The number of rotatable bonds is 7. The largest absolute Gasteiger partial charge is 0.350 e. The molecular weight excluding hydrogens is 326 g/mol. The Morgan fingerprint density at radius 2 is 1.77 bits per heavy atom. The van der Waals surface area contributed by atoms with Crippen LogP contribution in [0.2, 0.25) is 0 Å². The molecule has 2 rings (SSSR count). The predicted octanol–water partition coefficient (Wildman–Crippen LogP) is 3.30. The van der Waals surface area contributed by atoms with E-state index in [1.807, 2.05) is 69.3 Å². The normalized spacial score (nSPS) is 11.9. The fourth-order valence-electron chi connectivity index (χ4n) is 2.57. The van der Waals surface area contributed by atoms with Crippen LogP contribution < -0.4 is 16.4 Å². The molecule has 0 saturated carbocycles. The van der Waals surface area contributed by atoms with Crippen molar-refractivity contribution in [2.45, 2.75) is 39.8 Å². The lowest BCUT2D eigenvalue weighted by Crippen LogP contribution is -2.33. The summed E-state index contributed by atoms with van der Waals surface area (Å²) < 4.78 is 0. The predicted molar refractivity (Wildman–Crippen MR) is 104 cm³/mol. The molecule has 0 aliphatic rings. The van der Waals surface area contributed by atoms with Gasteiger partial charge in [-0.2, -0.15) is 0 Å². The van der Waals surface area contributed by atoms with Gasteiger partial charge in [-0.15, -0.1) is 0 Å². The molecule has 0 bridgehead atoms. The van der Waals surface area contributed by atoms with Gasteiger partial charge in [-0.1, -0.05) is 55.8 Å². The highest BCUT2D eigenvalue weighted by Gasteiger charge is 2.15. The summed E-state index contributed by atoms with van der Waals surface area (Å²) in [7, 11) is 0. The van der Waals surface area contributed by atoms with Crippen LogP contribution in [-0.2, 0) is 16.1 Å². The standard InChI is InChI=1S/C21H27N3O2/c1-14(2)11-19(25)24-18-6-4-5-16(12-18)13-23-21(26)20(22)17-9-7-15(3)8-10-17/h4-10,12,14,20H,11,13,22H2,1-3H3,(H,23,26)(H,24,25). The summed E-state index contributed by atoms with van der Waals surface area (Å²) in [5, 5.41) is 5.73. The second kappa shape index (κ2) is 9.15. The van der Waals surface area contributed by atoms with Crippen molar-refractivity contribution in [2.75, 3.05) is 5.32 Å². The van der Waals surface area contributed by atoms with E-state index >= 15 is 0 Å². The van der Waals surface area contributed by atoms with Gasteiger partial charge in [-0.05, 0) is 36.1 Å². The first-order chi connectivity index (χ1) is 12.3. The fourth-order valence-corrected chi connectivity index (χ4v) is 2.57. The molecule has 0 heterocycles. The van der Waals surface area contributed by atoms with E-state index < -0.39 is 6.04 Å². The SMILES string of the molecule is Cc1ccc(C(N)C(=O)NCc2cccc(NC(=O)CC(C)C)c2)cc1. The highest BCUT2D eigenvalue weighted by Crippen LogP contribution is 2.14. The van der Waals surface area contributed by atoms with E-state index in [1.54, 1.807) is 0 Å². The highest BCUT2D eigenvalue weighted by atomic mass is 16.2. The quantitative estimate of drug-likeness (QED) is 0.714. The first kappa shape index (κ1) is 19.7. The molecule has 0 radical (unpaired) electrons. The second-order valence-corrected chi connectivity index (χ2v) is 6.95. The third-order valence-corrected chi connectivity index (χ3v) is 3.99. The molecule has 0 fully saturated rings. The molecule has 5 nitrogen and oxygen atoms in total. The molecule has 138 valence electrons. The minimum absolute atomic E-state index is 0.0115. The minimum atomic E-state index is -0.704. The molecule has 0 aliphatic carbocycles. The first-order valence-corrected chi connectivity index (χ1v) is 8.84. The monoisotopic (exact) mass is 353 g/mol. The summed E-state index contributed by atoms with van der Waals surface area (Å²) in [6, 6.07) is 14.3. The minimum Gasteiger partial charge on any atom is -0.350 e. The van der Waals surface area contributed by atoms with Crippen molar-refractivity contribution in [3.8, 4) is 0 Å². The van der Waals surface area contributed by atoms with Gasteiger partial charge in [0.25, 0.3) is 0 Å². The Balaban J connectivity index is 1.92. The summed E-state index contributed by atoms with van der Waals surface area (Å²) in [5.74, 6) is 0.0615. The zero-order valence-corrected chi connectivity index (χ0v) is 15.6. The molecule has 1 unspecified atom stereocenters. The lowest BCUT2D eigenvalue weighted by atomic mass is 10.1. The van der Waals surface area contributed by atoms with Gasteiger partial charge in [0, 0.05) is 18.7 Å². The molecule has 0 spiro atoms. The van der Waals surface area contributed by atoms with Crippen LogP contribution in [-0.4, -0.2) is 11.8 Å². The number of hydrogen-bond acceptors (Lipinski definition) is 3. The Morgan fingerprint density at radius 1 is 1.08 bits per heavy atom. The lowest BCUT2D eigenvalue weighted by Gasteiger charge is -2.14. The van der Waals surface area contributed by atoms with Crippen LogP contribution in [0.5, 0.6) is 0 Å². The summed E-state index contributed by atoms with van der Waals surface area (Å²) in [6.07, 6.45) is 0.479. The van der Waals surface area contributed by atoms with Gasteiger partial charge in [0.15, 0.2) is 0 Å². The van der Waals surface area contributed by atoms with Crippen molar-refractivity contribution >= 4 is 17.5 Å². The molecule has 2 amide bonds. The molecule has 0 aliphatic heterocycles. The number of nitrogens with two attached hydrogens (primary N) is 1. The zero-order chi connectivity index (χ0) is 19.1. The molecule has 0 saturated heterocycles. The molecule has 2 aromatic rings. The van der Waals surface area contributed by atoms with Gasteiger partial charge in [0.05, 0.1) is 0 Å². The van der Waals surface area contributed by atoms with E-state index in [0.29, 0.717) is 18.9 Å². The van der Waals surface area contributed by atoms with Crippen molar-refractivity contribution < 1.29 is 9.59 Å². The molecule has 2 aromatic carbocycles. The summed E-state index contributed by atoms with van der Waals surface area (Å²) >= 11 is 0. The maximum Gasteiger partial charge on any atom is 0.241 e. The van der Waals surface area contributed by atoms with Crippen LogP contribution in [0, 0.1) is 12.8 Å². The Hall–Kier alpha value is -2.66. The van der Waals surface area contributed by atoms with E-state index in [4.69, 9.17) is 5.73 Å². The number of hydrogen-bond donors (Lipinski definition) is 3. The van der Waals surface area contributed by atoms with Gasteiger partial charge >= 0.3 is 0 Å². The summed E-state index contributed by atoms with van der Waals surface area (Å²) in [4.78, 5) is 24.2. The smallest absolute Gasteiger partial charge is 0.241 e. The van der Waals surface area contributed by atoms with Crippen molar-refractivity contribution in [3.05, 3.63) is 65.2 Å². The van der Waals surface area contributed by atoms with Gasteiger partial charge in [-0.25, -0.2) is 0 Å². The number of aryl methyl sites for hydroxylation is 1. The van der Waals surface area contributed by atoms with Crippen LogP contribution in [0.25, 0.3) is 0 Å². The Kier molecular flexibility index (Phi) is 6.92. The average Bonchev–Trinajstić information content (AvgIpc) is 2.59. The van der Waals surface area contributed by atoms with Gasteiger partial charge in [-0.3, -0.25) is 9.59 Å². The Bertz CT molecular complexity index is 754. The maximum atomic E-state index is 12.3. The van der Waals surface area contributed by atoms with Gasteiger partial charge in [0.1, 0.15) is 6.04 Å². The van der Waals surface area contributed by atoms with Gasteiger partial charge in [0.2, 0.25) is 11.8 Å². The molecular formula is C21H27N3O2. The van der Waals surface area contributed by atoms with Crippen LogP contribution in [0.1, 0.15) is 43.0 Å². The lowest BCUT2D eigenvalue weighted by molar-refractivity contribution is -0.122. The number of nitrogens with one attached hydrogen (secondary N) is 2. The summed E-state index contributed by atoms with van der Waals surface area (Å²) in [6.45, 7) is 6.35. The first-order valence-electron chi connectivity index (χ1n) is 8.84. The third kappa shape index (κ3) is 6.01. The maximum absolute atomic E-state index is 12.3. The van der Waals surface area contributed by atoms with Crippen LogP contribution in [0.3, 0.4) is 0 Å². The third-order valence-electron chi connectivity index (χ3n) is 3.99. The highest BCUT2D eigenvalue weighted by molar-refractivity contribution is 5.90.